The molecule has 2 aromatic rings. The summed E-state index contributed by atoms with van der Waals surface area (Å²) in [5.74, 6) is 0. The molecule has 4 fully saturated rings. The van der Waals surface area contributed by atoms with Crippen molar-refractivity contribution in [3.63, 3.8) is 0 Å². The Bertz CT molecular complexity index is 1410. The Morgan fingerprint density at radius 2 is 1.19 bits per heavy atom. The molecule has 0 amide bonds. The van der Waals surface area contributed by atoms with E-state index in [-0.39, 0.29) is 37.3 Å². The molecule has 4 heterocycles. The zero-order chi connectivity index (χ0) is 38.2. The highest BCUT2D eigenvalue weighted by molar-refractivity contribution is 6.99. The first kappa shape index (κ1) is 40.8. The largest absolute Gasteiger partial charge is 0.405 e. The third-order valence-corrected chi connectivity index (χ3v) is 16.4. The summed E-state index contributed by atoms with van der Waals surface area (Å²) in [4.78, 5) is 0. The normalized spacial score (nSPS) is 39.1. The summed E-state index contributed by atoms with van der Waals surface area (Å²) in [5.41, 5.74) is 0. The molecule has 0 aromatic heterocycles. The Labute approximate surface area is 310 Å². The standard InChI is InChI=1S/C38H56O14Si/c1-38(2,3)53(21-10-6-4-7-11-21,22-12-8-5-9-13-22)48-19-30-23(41)16-27-36(51-30)33(46)31(44)26(49-27)15-20(40)14-24(42)35-25(43)17-28-37(52-35)34(47)32(45)29(18-39)50-28/h4-13,20,23-37,39-47H,14-19H2,1-3H3/t20-,23-,24-,25-,26+,27+,28+,29+,30+,31+,32+,33-,34-,35+,36-,37-/m1/s1. The molecule has 0 aliphatic carbocycles. The summed E-state index contributed by atoms with van der Waals surface area (Å²) in [6.07, 6.45) is -19.1. The van der Waals surface area contributed by atoms with E-state index < -0.39 is 113 Å². The fraction of sp³-hybridized carbons (Fsp3) is 0.684. The number of ether oxygens (including phenoxy) is 4. The number of rotatable bonds is 11. The van der Waals surface area contributed by atoms with Gasteiger partial charge in [0.25, 0.3) is 8.32 Å². The molecule has 53 heavy (non-hydrogen) atoms. The molecular weight excluding hydrogens is 708 g/mol. The molecule has 0 bridgehead atoms. The maximum Gasteiger partial charge on any atom is 0.261 e. The molecule has 9 N–H and O–H groups in total. The van der Waals surface area contributed by atoms with Gasteiger partial charge in [0.2, 0.25) is 0 Å². The van der Waals surface area contributed by atoms with Crippen molar-refractivity contribution >= 4 is 18.7 Å². The van der Waals surface area contributed by atoms with E-state index in [0.717, 1.165) is 10.4 Å². The minimum Gasteiger partial charge on any atom is -0.405 e. The Morgan fingerprint density at radius 1 is 0.679 bits per heavy atom. The van der Waals surface area contributed by atoms with E-state index in [1.54, 1.807) is 0 Å². The van der Waals surface area contributed by atoms with Gasteiger partial charge in [0.1, 0.15) is 54.9 Å². The highest BCUT2D eigenvalue weighted by atomic mass is 28.4. The number of fused-ring (bicyclic) bond motifs is 2. The third kappa shape index (κ3) is 8.17. The highest BCUT2D eigenvalue weighted by Crippen LogP contribution is 2.39. The molecule has 296 valence electrons. The van der Waals surface area contributed by atoms with Crippen molar-refractivity contribution < 1.29 is 69.3 Å². The molecule has 0 unspecified atom stereocenters. The number of hydrogen-bond donors (Lipinski definition) is 9. The van der Waals surface area contributed by atoms with Crippen LogP contribution in [0.1, 0.15) is 46.5 Å². The van der Waals surface area contributed by atoms with Gasteiger partial charge < -0.3 is 69.3 Å². The molecule has 16 atom stereocenters. The van der Waals surface area contributed by atoms with E-state index in [9.17, 15) is 46.0 Å². The fourth-order valence-corrected chi connectivity index (χ4v) is 13.2. The number of aliphatic hydroxyl groups is 9. The zero-order valence-electron chi connectivity index (χ0n) is 30.3. The first-order chi connectivity index (χ1) is 25.2. The topological polar surface area (TPSA) is 228 Å². The second kappa shape index (κ2) is 16.7. The van der Waals surface area contributed by atoms with Crippen LogP contribution in [0, 0.1) is 0 Å². The van der Waals surface area contributed by atoms with Crippen molar-refractivity contribution in [2.24, 2.45) is 0 Å². The molecular formula is C38H56O14Si. The van der Waals surface area contributed by atoms with Crippen LogP contribution in [0.5, 0.6) is 0 Å². The molecule has 4 aliphatic heterocycles. The summed E-state index contributed by atoms with van der Waals surface area (Å²) in [6, 6.07) is 20.1. The molecule has 15 heteroatoms. The van der Waals surface area contributed by atoms with E-state index in [1.807, 2.05) is 36.4 Å². The number of hydrogen-bond acceptors (Lipinski definition) is 14. The number of aliphatic hydroxyl groups excluding tert-OH is 9. The molecule has 14 nitrogen and oxygen atoms in total. The van der Waals surface area contributed by atoms with Crippen LogP contribution in [0.3, 0.4) is 0 Å². The van der Waals surface area contributed by atoms with Crippen molar-refractivity contribution in [1.29, 1.82) is 0 Å². The lowest BCUT2D eigenvalue weighted by Gasteiger charge is -2.50. The summed E-state index contributed by atoms with van der Waals surface area (Å²) >= 11 is 0. The van der Waals surface area contributed by atoms with Gasteiger partial charge in [0.05, 0.1) is 55.9 Å². The average Bonchev–Trinajstić information content (AvgIpc) is 3.12. The van der Waals surface area contributed by atoms with Crippen molar-refractivity contribution in [1.82, 2.24) is 0 Å². The van der Waals surface area contributed by atoms with Gasteiger partial charge in [-0.25, -0.2) is 0 Å². The van der Waals surface area contributed by atoms with Crippen molar-refractivity contribution in [2.75, 3.05) is 13.2 Å². The van der Waals surface area contributed by atoms with Crippen LogP contribution in [-0.2, 0) is 23.4 Å². The quantitative estimate of drug-likeness (QED) is 0.114. The second-order valence-electron chi connectivity index (χ2n) is 16.0. The van der Waals surface area contributed by atoms with Crippen LogP contribution in [0.2, 0.25) is 5.04 Å². The fourth-order valence-electron chi connectivity index (χ4n) is 8.66. The van der Waals surface area contributed by atoms with Crippen molar-refractivity contribution in [2.45, 2.75) is 149 Å². The van der Waals surface area contributed by atoms with Crippen LogP contribution in [0.15, 0.2) is 60.7 Å². The zero-order valence-corrected chi connectivity index (χ0v) is 31.3. The third-order valence-electron chi connectivity index (χ3n) is 11.4. The van der Waals surface area contributed by atoms with E-state index in [1.165, 1.54) is 0 Å². The van der Waals surface area contributed by atoms with Crippen LogP contribution >= 0.6 is 0 Å². The first-order valence-corrected chi connectivity index (χ1v) is 20.5. The first-order valence-electron chi connectivity index (χ1n) is 18.6. The van der Waals surface area contributed by atoms with E-state index in [0.29, 0.717) is 0 Å². The Morgan fingerprint density at radius 3 is 1.74 bits per heavy atom. The molecule has 6 rings (SSSR count). The highest BCUT2D eigenvalue weighted by Gasteiger charge is 2.55. The van der Waals surface area contributed by atoms with Gasteiger partial charge in [-0.1, -0.05) is 81.4 Å². The summed E-state index contributed by atoms with van der Waals surface area (Å²) in [6.45, 7) is 5.92. The van der Waals surface area contributed by atoms with Gasteiger partial charge in [-0.05, 0) is 15.4 Å². The predicted molar refractivity (Wildman–Crippen MR) is 192 cm³/mol. The minimum atomic E-state index is -2.96. The van der Waals surface area contributed by atoms with E-state index in [4.69, 9.17) is 23.4 Å². The van der Waals surface area contributed by atoms with Crippen LogP contribution in [-0.4, -0.2) is 165 Å². The van der Waals surface area contributed by atoms with Gasteiger partial charge in [-0.3, -0.25) is 0 Å². The summed E-state index contributed by atoms with van der Waals surface area (Å²) < 4.78 is 30.7. The molecule has 0 saturated carbocycles. The summed E-state index contributed by atoms with van der Waals surface area (Å²) in [5, 5.41) is 98.4. The van der Waals surface area contributed by atoms with E-state index >= 15 is 0 Å². The molecule has 4 aliphatic rings. The lowest BCUT2D eigenvalue weighted by atomic mass is 9.85. The Balaban J connectivity index is 1.08. The second-order valence-corrected chi connectivity index (χ2v) is 20.4. The maximum atomic E-state index is 11.3. The van der Waals surface area contributed by atoms with Crippen LogP contribution in [0.4, 0.5) is 0 Å². The lowest BCUT2D eigenvalue weighted by molar-refractivity contribution is -0.296. The van der Waals surface area contributed by atoms with Gasteiger partial charge in [0.15, 0.2) is 0 Å². The smallest absolute Gasteiger partial charge is 0.261 e. The molecule has 0 spiro atoms. The SMILES string of the molecule is CC(C)(C)[Si](OC[C@@H]1O[C@H]2[C@H](O)[C@@H](O)[C@H](C[C@H](O)C[C@@H](O)[C@@H]3O[C@H]4[C@H](O)[C@@H](O)[C@H](CO)O[C@H]4C[C@H]3O)O[C@H]2C[C@H]1O)(c1ccccc1)c1ccccc1. The molecule has 4 saturated heterocycles. The van der Waals surface area contributed by atoms with Crippen LogP contribution < -0.4 is 10.4 Å². The lowest BCUT2D eigenvalue weighted by Crippen LogP contribution is -2.68. The maximum absolute atomic E-state index is 11.3. The van der Waals surface area contributed by atoms with Gasteiger partial charge in [-0.15, -0.1) is 0 Å². The van der Waals surface area contributed by atoms with Gasteiger partial charge >= 0.3 is 0 Å². The van der Waals surface area contributed by atoms with Crippen molar-refractivity contribution in [3.05, 3.63) is 60.7 Å². The Kier molecular flexibility index (Phi) is 12.8. The molecule has 2 aromatic carbocycles. The number of benzene rings is 2. The minimum absolute atomic E-state index is 0.0291. The average molecular weight is 765 g/mol. The monoisotopic (exact) mass is 764 g/mol. The predicted octanol–water partition coefficient (Wildman–Crippen LogP) is -1.93. The summed E-state index contributed by atoms with van der Waals surface area (Å²) in [7, 11) is -2.96. The van der Waals surface area contributed by atoms with Gasteiger partial charge in [0, 0.05) is 25.7 Å². The molecule has 0 radical (unpaired) electrons. The van der Waals surface area contributed by atoms with Crippen LogP contribution in [0.25, 0.3) is 0 Å². The van der Waals surface area contributed by atoms with Gasteiger partial charge in [-0.2, -0.15) is 0 Å². The van der Waals surface area contributed by atoms with Crippen molar-refractivity contribution in [3.8, 4) is 0 Å². The van der Waals surface area contributed by atoms with E-state index in [2.05, 4.69) is 45.0 Å². The Hall–Kier alpha value is -1.90.